The molecule has 206 valence electrons. The number of halogens is 3. The molecule has 2 aliphatic heterocycles. The number of fused-ring (bicyclic) bond motifs is 4. The van der Waals surface area contributed by atoms with Crippen LogP contribution in [-0.4, -0.2) is 71.4 Å². The number of hydrogen-bond acceptors (Lipinski definition) is 6. The van der Waals surface area contributed by atoms with E-state index in [4.69, 9.17) is 28.3 Å². The second kappa shape index (κ2) is 9.74. The number of allylic oxidation sites excluding steroid dienone is 3. The minimum Gasteiger partial charge on any atom is -0.507 e. The van der Waals surface area contributed by atoms with Crippen molar-refractivity contribution in [3.05, 3.63) is 53.6 Å². The Labute approximate surface area is 242 Å². The van der Waals surface area contributed by atoms with Gasteiger partial charge in [0.1, 0.15) is 5.75 Å². The predicted octanol–water partition coefficient (Wildman–Crippen LogP) is 3.31. The number of phenols is 1. The maximum atomic E-state index is 13.8. The minimum absolute atomic E-state index is 0.125. The van der Waals surface area contributed by atoms with Gasteiger partial charge in [0.15, 0.2) is 9.75 Å². The fraction of sp³-hybridized carbons (Fsp3) is 0.444. The van der Waals surface area contributed by atoms with Gasteiger partial charge in [-0.1, -0.05) is 51.9 Å². The molecule has 39 heavy (non-hydrogen) atoms. The van der Waals surface area contributed by atoms with Crippen molar-refractivity contribution in [3.63, 3.8) is 0 Å². The lowest BCUT2D eigenvalue weighted by Crippen LogP contribution is -2.60. The Bertz CT molecular complexity index is 1370. The number of hydrogen-bond donors (Lipinski definition) is 2. The summed E-state index contributed by atoms with van der Waals surface area (Å²) in [6.45, 7) is 3.45. The highest BCUT2D eigenvalue weighted by Gasteiger charge is 2.76. The molecular weight excluding hydrogens is 615 g/mol. The Kier molecular flexibility index (Phi) is 6.96. The molecule has 0 aromatic heterocycles. The molecule has 6 unspecified atom stereocenters. The molecular formula is C27H25BrCl2N2O7. The van der Waals surface area contributed by atoms with Crippen LogP contribution < -0.4 is 0 Å². The highest BCUT2D eigenvalue weighted by molar-refractivity contribution is 9.09. The quantitative estimate of drug-likeness (QED) is 0.202. The SMILES string of the molecule is C=CCc1cccc(C2C3=CCC4C(=O)N(CCC(=O)O)C(=O)C4C3CC3(Cl)C(=O)N(CBr)C(=O)C23Cl)c1O. The van der Waals surface area contributed by atoms with Crippen LogP contribution in [0.2, 0.25) is 0 Å². The number of phenolic OH excluding ortho intramolecular Hbond substituents is 1. The number of carbonyl (C=O) groups excluding carboxylic acids is 4. The van der Waals surface area contributed by atoms with Gasteiger partial charge < -0.3 is 10.2 Å². The number of likely N-dealkylation sites (tertiary alicyclic amines) is 2. The van der Waals surface area contributed by atoms with E-state index in [1.807, 2.05) is 0 Å². The molecule has 1 aromatic carbocycles. The zero-order valence-electron chi connectivity index (χ0n) is 20.6. The lowest BCUT2D eigenvalue weighted by molar-refractivity contribution is -0.143. The smallest absolute Gasteiger partial charge is 0.305 e. The average Bonchev–Trinajstić information content (AvgIpc) is 3.22. The number of carbonyl (C=O) groups is 5. The number of carboxylic acid groups (broad SMARTS) is 1. The van der Waals surface area contributed by atoms with E-state index in [9.17, 15) is 29.1 Å². The Morgan fingerprint density at radius 2 is 1.85 bits per heavy atom. The molecule has 4 aliphatic rings. The number of aromatic hydroxyl groups is 1. The second-order valence-electron chi connectivity index (χ2n) is 10.3. The summed E-state index contributed by atoms with van der Waals surface area (Å²) >= 11 is 17.5. The van der Waals surface area contributed by atoms with Crippen molar-refractivity contribution in [1.82, 2.24) is 9.80 Å². The van der Waals surface area contributed by atoms with E-state index >= 15 is 0 Å². The molecule has 6 atom stereocenters. The molecule has 2 aliphatic carbocycles. The lowest BCUT2D eigenvalue weighted by Gasteiger charge is -2.50. The molecule has 4 amide bonds. The van der Waals surface area contributed by atoms with Crippen LogP contribution in [0.15, 0.2) is 42.5 Å². The maximum Gasteiger partial charge on any atom is 0.305 e. The van der Waals surface area contributed by atoms with E-state index in [1.54, 1.807) is 30.4 Å². The molecule has 5 rings (SSSR count). The number of alkyl halides is 3. The predicted molar refractivity (Wildman–Crippen MR) is 144 cm³/mol. The Morgan fingerprint density at radius 3 is 2.49 bits per heavy atom. The van der Waals surface area contributed by atoms with Gasteiger partial charge in [0, 0.05) is 18.0 Å². The summed E-state index contributed by atoms with van der Waals surface area (Å²) in [5.41, 5.74) is 1.20. The number of nitrogens with zero attached hydrogens (tertiary/aromatic N) is 2. The van der Waals surface area contributed by atoms with Crippen molar-refractivity contribution in [2.24, 2.45) is 17.8 Å². The van der Waals surface area contributed by atoms with Crippen LogP contribution in [0.3, 0.4) is 0 Å². The van der Waals surface area contributed by atoms with Crippen LogP contribution in [0.5, 0.6) is 5.75 Å². The molecule has 2 N–H and O–H groups in total. The zero-order valence-corrected chi connectivity index (χ0v) is 23.7. The standard InChI is InChI=1S/C27H25BrCl2N2O7/c1-2-4-13-5-3-6-16(21(13)35)20-14-7-8-15-19(23(37)31(22(15)36)10-9-18(33)34)17(14)11-26(29)24(38)32(12-28)25(39)27(20,26)30/h2-3,5-7,15,17,19-20,35H,1,4,8-12H2,(H,33,34). The molecule has 3 fully saturated rings. The number of amides is 4. The third-order valence-electron chi connectivity index (χ3n) is 8.48. The van der Waals surface area contributed by atoms with Gasteiger partial charge in [-0.15, -0.1) is 29.8 Å². The first kappa shape index (κ1) is 27.9. The summed E-state index contributed by atoms with van der Waals surface area (Å²) in [5.74, 6) is -7.25. The topological polar surface area (TPSA) is 132 Å². The van der Waals surface area contributed by atoms with Crippen molar-refractivity contribution >= 4 is 68.7 Å². The van der Waals surface area contributed by atoms with Gasteiger partial charge in [-0.2, -0.15) is 0 Å². The summed E-state index contributed by atoms with van der Waals surface area (Å²) in [7, 11) is 0. The van der Waals surface area contributed by atoms with Crippen LogP contribution >= 0.6 is 39.1 Å². The van der Waals surface area contributed by atoms with Crippen LogP contribution in [0.1, 0.15) is 36.3 Å². The van der Waals surface area contributed by atoms with E-state index < -0.39 is 69.4 Å². The first-order valence-corrected chi connectivity index (χ1v) is 14.3. The van der Waals surface area contributed by atoms with Gasteiger partial charge in [0.05, 0.1) is 23.7 Å². The Balaban J connectivity index is 1.69. The molecule has 1 aromatic rings. The van der Waals surface area contributed by atoms with E-state index in [0.717, 1.165) is 9.80 Å². The fourth-order valence-electron chi connectivity index (χ4n) is 6.76. The number of carboxylic acids is 1. The molecule has 9 nitrogen and oxygen atoms in total. The summed E-state index contributed by atoms with van der Waals surface area (Å²) in [6, 6.07) is 5.01. The van der Waals surface area contributed by atoms with Crippen LogP contribution in [0.4, 0.5) is 0 Å². The van der Waals surface area contributed by atoms with E-state index in [1.165, 1.54) is 0 Å². The first-order valence-electron chi connectivity index (χ1n) is 12.4. The van der Waals surface area contributed by atoms with Gasteiger partial charge >= 0.3 is 5.97 Å². The summed E-state index contributed by atoms with van der Waals surface area (Å²) in [6.07, 6.45) is 3.27. The third kappa shape index (κ3) is 3.74. The lowest BCUT2D eigenvalue weighted by atomic mass is 9.56. The first-order chi connectivity index (χ1) is 18.4. The summed E-state index contributed by atoms with van der Waals surface area (Å²) in [5, 5.41) is 20.4. The Morgan fingerprint density at radius 1 is 1.13 bits per heavy atom. The molecule has 0 spiro atoms. The summed E-state index contributed by atoms with van der Waals surface area (Å²) in [4.78, 5) is 63.2. The van der Waals surface area contributed by atoms with Crippen LogP contribution in [-0.2, 0) is 30.4 Å². The van der Waals surface area contributed by atoms with Gasteiger partial charge in [-0.05, 0) is 30.7 Å². The third-order valence-corrected chi connectivity index (χ3v) is 10.4. The molecule has 2 saturated heterocycles. The normalized spacial score (nSPS) is 33.6. The van der Waals surface area contributed by atoms with Crippen molar-refractivity contribution in [3.8, 4) is 5.75 Å². The number of para-hydroxylation sites is 1. The van der Waals surface area contributed by atoms with Gasteiger partial charge in [-0.25, -0.2) is 0 Å². The zero-order chi connectivity index (χ0) is 28.4. The van der Waals surface area contributed by atoms with Crippen molar-refractivity contribution in [2.75, 3.05) is 12.0 Å². The van der Waals surface area contributed by atoms with Crippen LogP contribution in [0, 0.1) is 17.8 Å². The number of rotatable bonds is 7. The second-order valence-corrected chi connectivity index (χ2v) is 12.0. The average molecular weight is 640 g/mol. The minimum atomic E-state index is -2.02. The van der Waals surface area contributed by atoms with E-state index in [-0.39, 0.29) is 36.2 Å². The van der Waals surface area contributed by atoms with Gasteiger partial charge in [-0.3, -0.25) is 33.8 Å². The van der Waals surface area contributed by atoms with Gasteiger partial charge in [0.25, 0.3) is 11.8 Å². The van der Waals surface area contributed by atoms with Crippen LogP contribution in [0.25, 0.3) is 0 Å². The highest BCUT2D eigenvalue weighted by atomic mass is 79.9. The highest BCUT2D eigenvalue weighted by Crippen LogP contribution is 2.66. The van der Waals surface area contributed by atoms with E-state index in [2.05, 4.69) is 22.5 Å². The number of benzene rings is 1. The van der Waals surface area contributed by atoms with Crippen molar-refractivity contribution in [2.45, 2.75) is 41.3 Å². The molecule has 0 radical (unpaired) electrons. The molecule has 2 heterocycles. The molecule has 12 heteroatoms. The van der Waals surface area contributed by atoms with E-state index in [0.29, 0.717) is 17.6 Å². The summed E-state index contributed by atoms with van der Waals surface area (Å²) < 4.78 is 0. The van der Waals surface area contributed by atoms with Crippen molar-refractivity contribution < 1.29 is 34.2 Å². The molecule has 0 bridgehead atoms. The number of aliphatic carboxylic acids is 1. The van der Waals surface area contributed by atoms with Gasteiger partial charge in [0.2, 0.25) is 11.8 Å². The maximum absolute atomic E-state index is 13.8. The molecule has 1 saturated carbocycles. The fourth-order valence-corrected chi connectivity index (χ4v) is 8.17. The number of imide groups is 2. The Hall–Kier alpha value is -2.69. The monoisotopic (exact) mass is 638 g/mol. The van der Waals surface area contributed by atoms with Crippen molar-refractivity contribution in [1.29, 1.82) is 0 Å². The largest absolute Gasteiger partial charge is 0.507 e.